The molecular weight excluding hydrogens is 240 g/mol. The van der Waals surface area contributed by atoms with Crippen LogP contribution in [0.5, 0.6) is 0 Å². The second kappa shape index (κ2) is 6.57. The average molecular weight is 268 g/mol. The predicted molar refractivity (Wildman–Crippen MR) is 77.1 cm³/mol. The Morgan fingerprint density at radius 1 is 1.32 bits per heavy atom. The number of hydrogen-bond acceptors (Lipinski definition) is 3. The molecule has 0 radical (unpaired) electrons. The lowest BCUT2D eigenvalue weighted by Crippen LogP contribution is -2.47. The molecule has 2 heterocycles. The monoisotopic (exact) mass is 268 g/mol. The number of piperidine rings is 1. The van der Waals surface area contributed by atoms with Crippen molar-refractivity contribution in [1.29, 1.82) is 0 Å². The standard InChI is InChI=1S/C14H28N4O/c1-3-4-13-11-18(14(19)16(13)2)12-5-8-17(9-6-12)10-7-15/h12-13H,3-11,15H2,1-2H3. The minimum atomic E-state index is 0.232. The Kier molecular flexibility index (Phi) is 5.05. The lowest BCUT2D eigenvalue weighted by atomic mass is 10.0. The molecule has 2 fully saturated rings. The van der Waals surface area contributed by atoms with E-state index < -0.39 is 0 Å². The molecule has 2 rings (SSSR count). The van der Waals surface area contributed by atoms with Crippen molar-refractivity contribution in [2.75, 3.05) is 39.8 Å². The zero-order valence-electron chi connectivity index (χ0n) is 12.3. The normalized spacial score (nSPS) is 26.5. The molecule has 0 spiro atoms. The van der Waals surface area contributed by atoms with E-state index >= 15 is 0 Å². The van der Waals surface area contributed by atoms with Gasteiger partial charge >= 0.3 is 6.03 Å². The van der Waals surface area contributed by atoms with Gasteiger partial charge in [0.2, 0.25) is 0 Å². The number of carbonyl (C=O) groups excluding carboxylic acids is 1. The molecule has 2 aliphatic heterocycles. The first kappa shape index (κ1) is 14.6. The average Bonchev–Trinajstić information content (AvgIpc) is 2.69. The summed E-state index contributed by atoms with van der Waals surface area (Å²) >= 11 is 0. The number of likely N-dealkylation sites (N-methyl/N-ethyl adjacent to an activating group) is 1. The highest BCUT2D eigenvalue weighted by Crippen LogP contribution is 2.25. The van der Waals surface area contributed by atoms with Crippen LogP contribution in [-0.4, -0.2) is 72.6 Å². The van der Waals surface area contributed by atoms with Crippen LogP contribution in [0.1, 0.15) is 32.6 Å². The molecule has 110 valence electrons. The highest BCUT2D eigenvalue weighted by molar-refractivity contribution is 5.77. The smallest absolute Gasteiger partial charge is 0.320 e. The van der Waals surface area contributed by atoms with Gasteiger partial charge in [-0.05, 0) is 19.3 Å². The van der Waals surface area contributed by atoms with Gasteiger partial charge in [-0.3, -0.25) is 0 Å². The number of hydrogen-bond donors (Lipinski definition) is 1. The molecule has 2 amide bonds. The van der Waals surface area contributed by atoms with Crippen molar-refractivity contribution in [2.45, 2.75) is 44.7 Å². The zero-order chi connectivity index (χ0) is 13.8. The molecule has 0 aromatic heterocycles. The number of rotatable bonds is 5. The molecule has 2 aliphatic rings. The van der Waals surface area contributed by atoms with Gasteiger partial charge in [0.15, 0.2) is 0 Å². The SMILES string of the molecule is CCCC1CN(C2CCN(CCN)CC2)C(=O)N1C. The van der Waals surface area contributed by atoms with Gasteiger partial charge in [-0.25, -0.2) is 4.79 Å². The number of nitrogens with two attached hydrogens (primary N) is 1. The van der Waals surface area contributed by atoms with Crippen molar-refractivity contribution < 1.29 is 4.79 Å². The molecule has 5 heteroatoms. The van der Waals surface area contributed by atoms with Gasteiger partial charge in [-0.15, -0.1) is 0 Å². The summed E-state index contributed by atoms with van der Waals surface area (Å²) in [7, 11) is 1.95. The van der Waals surface area contributed by atoms with Crippen molar-refractivity contribution in [3.63, 3.8) is 0 Å². The second-order valence-electron chi connectivity index (χ2n) is 5.85. The van der Waals surface area contributed by atoms with Crippen molar-refractivity contribution in [2.24, 2.45) is 5.73 Å². The molecule has 2 N–H and O–H groups in total. The third-order valence-corrected chi connectivity index (χ3v) is 4.57. The highest BCUT2D eigenvalue weighted by atomic mass is 16.2. The molecule has 0 aliphatic carbocycles. The fraction of sp³-hybridized carbons (Fsp3) is 0.929. The lowest BCUT2D eigenvalue weighted by molar-refractivity contribution is 0.133. The maximum Gasteiger partial charge on any atom is 0.320 e. The van der Waals surface area contributed by atoms with Crippen LogP contribution in [0.4, 0.5) is 4.79 Å². The molecule has 2 saturated heterocycles. The van der Waals surface area contributed by atoms with Crippen LogP contribution < -0.4 is 5.73 Å². The molecule has 0 aromatic carbocycles. The van der Waals surface area contributed by atoms with E-state index in [4.69, 9.17) is 5.73 Å². The lowest BCUT2D eigenvalue weighted by Gasteiger charge is -2.36. The Balaban J connectivity index is 1.87. The summed E-state index contributed by atoms with van der Waals surface area (Å²) < 4.78 is 0. The Labute approximate surface area is 116 Å². The maximum atomic E-state index is 12.3. The summed E-state index contributed by atoms with van der Waals surface area (Å²) in [5.41, 5.74) is 5.60. The van der Waals surface area contributed by atoms with Crippen LogP contribution in [-0.2, 0) is 0 Å². The van der Waals surface area contributed by atoms with Crippen LogP contribution in [0, 0.1) is 0 Å². The number of carbonyl (C=O) groups is 1. The van der Waals surface area contributed by atoms with Gasteiger partial charge in [0.05, 0.1) is 6.04 Å². The topological polar surface area (TPSA) is 52.8 Å². The van der Waals surface area contributed by atoms with Gasteiger partial charge in [-0.1, -0.05) is 13.3 Å². The van der Waals surface area contributed by atoms with E-state index in [9.17, 15) is 4.79 Å². The largest absolute Gasteiger partial charge is 0.329 e. The molecule has 1 unspecified atom stereocenters. The Hall–Kier alpha value is -0.810. The summed E-state index contributed by atoms with van der Waals surface area (Å²) in [5.74, 6) is 0. The first-order valence-corrected chi connectivity index (χ1v) is 7.63. The van der Waals surface area contributed by atoms with Gasteiger partial charge < -0.3 is 20.4 Å². The molecule has 1 atom stereocenters. The molecule has 0 aromatic rings. The minimum Gasteiger partial charge on any atom is -0.329 e. The summed E-state index contributed by atoms with van der Waals surface area (Å²) in [4.78, 5) is 18.8. The number of amides is 2. The summed E-state index contributed by atoms with van der Waals surface area (Å²) in [6, 6.07) is 1.08. The Bertz CT molecular complexity index is 302. The summed E-state index contributed by atoms with van der Waals surface area (Å²) in [6.07, 6.45) is 4.45. The predicted octanol–water partition coefficient (Wildman–Crippen LogP) is 0.946. The molecule has 19 heavy (non-hydrogen) atoms. The third kappa shape index (κ3) is 3.20. The molecule has 0 saturated carbocycles. The first-order chi connectivity index (χ1) is 9.17. The van der Waals surface area contributed by atoms with Crippen LogP contribution in [0.2, 0.25) is 0 Å². The van der Waals surface area contributed by atoms with Crippen LogP contribution >= 0.6 is 0 Å². The van der Waals surface area contributed by atoms with E-state index in [0.29, 0.717) is 12.1 Å². The third-order valence-electron chi connectivity index (χ3n) is 4.57. The Morgan fingerprint density at radius 3 is 2.58 bits per heavy atom. The molecule has 5 nitrogen and oxygen atoms in total. The van der Waals surface area contributed by atoms with Gasteiger partial charge in [0.1, 0.15) is 0 Å². The number of likely N-dealkylation sites (tertiary alicyclic amines) is 1. The van der Waals surface area contributed by atoms with Crippen molar-refractivity contribution in [3.8, 4) is 0 Å². The van der Waals surface area contributed by atoms with Crippen molar-refractivity contribution in [3.05, 3.63) is 0 Å². The highest BCUT2D eigenvalue weighted by Gasteiger charge is 2.38. The van der Waals surface area contributed by atoms with E-state index in [0.717, 1.165) is 58.4 Å². The minimum absolute atomic E-state index is 0.232. The van der Waals surface area contributed by atoms with Gasteiger partial charge in [0, 0.05) is 45.8 Å². The number of urea groups is 1. The van der Waals surface area contributed by atoms with Crippen molar-refractivity contribution >= 4 is 6.03 Å². The maximum absolute atomic E-state index is 12.3. The van der Waals surface area contributed by atoms with Gasteiger partial charge in [0.25, 0.3) is 0 Å². The summed E-state index contributed by atoms with van der Waals surface area (Å²) in [5, 5.41) is 0. The quantitative estimate of drug-likeness (QED) is 0.807. The fourth-order valence-electron chi connectivity index (χ4n) is 3.35. The number of nitrogens with zero attached hydrogens (tertiary/aromatic N) is 3. The van der Waals surface area contributed by atoms with E-state index in [1.807, 2.05) is 11.9 Å². The fourth-order valence-corrected chi connectivity index (χ4v) is 3.35. The molecule has 0 bridgehead atoms. The van der Waals surface area contributed by atoms with Gasteiger partial charge in [-0.2, -0.15) is 0 Å². The van der Waals surface area contributed by atoms with Crippen molar-refractivity contribution in [1.82, 2.24) is 14.7 Å². The first-order valence-electron chi connectivity index (χ1n) is 7.63. The molecular formula is C14H28N4O. The van der Waals surface area contributed by atoms with E-state index in [-0.39, 0.29) is 6.03 Å². The van der Waals surface area contributed by atoms with Crippen LogP contribution in [0.3, 0.4) is 0 Å². The van der Waals surface area contributed by atoms with Crippen LogP contribution in [0.25, 0.3) is 0 Å². The van der Waals surface area contributed by atoms with E-state index in [2.05, 4.69) is 16.7 Å². The zero-order valence-corrected chi connectivity index (χ0v) is 12.3. The van der Waals surface area contributed by atoms with E-state index in [1.165, 1.54) is 0 Å². The van der Waals surface area contributed by atoms with Crippen LogP contribution in [0.15, 0.2) is 0 Å². The van der Waals surface area contributed by atoms with E-state index in [1.54, 1.807) is 0 Å². The Morgan fingerprint density at radius 2 is 2.00 bits per heavy atom. The summed E-state index contributed by atoms with van der Waals surface area (Å²) in [6.45, 7) is 6.98. The second-order valence-corrected chi connectivity index (χ2v) is 5.85.